The van der Waals surface area contributed by atoms with E-state index >= 15 is 0 Å². The maximum Gasteiger partial charge on any atom is 0.150 e. The van der Waals surface area contributed by atoms with Crippen LogP contribution in [0, 0.1) is 11.7 Å². The van der Waals surface area contributed by atoms with Crippen molar-refractivity contribution in [3.63, 3.8) is 0 Å². The average Bonchev–Trinajstić information content (AvgIpc) is 3.23. The Hall–Kier alpha value is -2.60. The number of anilines is 2. The van der Waals surface area contributed by atoms with Crippen LogP contribution in [0.1, 0.15) is 36.2 Å². The highest BCUT2D eigenvalue weighted by molar-refractivity contribution is 5.77. The van der Waals surface area contributed by atoms with Gasteiger partial charge in [0.05, 0.1) is 12.3 Å². The Kier molecular flexibility index (Phi) is 7.91. The van der Waals surface area contributed by atoms with Crippen LogP contribution in [0.2, 0.25) is 0 Å². The van der Waals surface area contributed by atoms with E-state index in [1.807, 2.05) is 24.3 Å². The number of hydrogen-bond acceptors (Lipinski definition) is 5. The topological polar surface area (TPSA) is 44.8 Å². The van der Waals surface area contributed by atoms with Gasteiger partial charge >= 0.3 is 0 Å². The number of nitrogens with zero attached hydrogens (tertiary/aromatic N) is 2. The normalized spacial score (nSPS) is 16.2. The molecule has 2 aromatic rings. The third-order valence-corrected chi connectivity index (χ3v) is 5.73. The molecular formula is C25H34FN3O2. The summed E-state index contributed by atoms with van der Waals surface area (Å²) in [4.78, 5) is 15.7. The molecule has 1 fully saturated rings. The molecule has 3 rings (SSSR count). The molecule has 168 valence electrons. The van der Waals surface area contributed by atoms with Crippen LogP contribution >= 0.6 is 0 Å². The van der Waals surface area contributed by atoms with Crippen LogP contribution in [-0.4, -0.2) is 57.6 Å². The van der Waals surface area contributed by atoms with Gasteiger partial charge in [-0.05, 0) is 74.8 Å². The largest absolute Gasteiger partial charge is 0.493 e. The van der Waals surface area contributed by atoms with Gasteiger partial charge in [0.25, 0.3) is 0 Å². The average molecular weight is 428 g/mol. The monoisotopic (exact) mass is 427 g/mol. The molecule has 0 radical (unpaired) electrons. The van der Waals surface area contributed by atoms with Crippen LogP contribution in [0.4, 0.5) is 15.8 Å². The number of rotatable bonds is 10. The fourth-order valence-electron chi connectivity index (χ4n) is 3.86. The number of nitrogens with one attached hydrogen (secondary N) is 1. The first-order valence-corrected chi connectivity index (χ1v) is 11.0. The number of carbonyl (C=O) groups is 1. The van der Waals surface area contributed by atoms with Crippen LogP contribution in [0.15, 0.2) is 36.4 Å². The molecule has 31 heavy (non-hydrogen) atoms. The van der Waals surface area contributed by atoms with Gasteiger partial charge in [0.1, 0.15) is 17.9 Å². The molecule has 0 bridgehead atoms. The zero-order valence-corrected chi connectivity index (χ0v) is 19.0. The lowest BCUT2D eigenvalue weighted by atomic mass is 10.0. The van der Waals surface area contributed by atoms with Crippen LogP contribution < -0.4 is 15.0 Å². The number of benzene rings is 2. The third kappa shape index (κ3) is 6.20. The minimum Gasteiger partial charge on any atom is -0.493 e. The summed E-state index contributed by atoms with van der Waals surface area (Å²) in [6, 6.07) is 11.3. The summed E-state index contributed by atoms with van der Waals surface area (Å²) in [5.74, 6) is 0.997. The molecule has 1 saturated heterocycles. The van der Waals surface area contributed by atoms with Crippen LogP contribution in [-0.2, 0) is 6.42 Å². The second kappa shape index (κ2) is 10.6. The molecule has 2 aromatic carbocycles. The number of aldehydes is 1. The smallest absolute Gasteiger partial charge is 0.150 e. The molecule has 1 atom stereocenters. The van der Waals surface area contributed by atoms with Gasteiger partial charge in [-0.15, -0.1) is 0 Å². The number of halogens is 1. The molecule has 6 heteroatoms. The summed E-state index contributed by atoms with van der Waals surface area (Å²) in [5, 5.41) is 3.28. The lowest BCUT2D eigenvalue weighted by Crippen LogP contribution is -2.31. The van der Waals surface area contributed by atoms with Crippen LogP contribution in [0.5, 0.6) is 5.75 Å². The van der Waals surface area contributed by atoms with Gasteiger partial charge in [0.15, 0.2) is 0 Å². The minimum absolute atomic E-state index is 0.206. The van der Waals surface area contributed by atoms with Crippen LogP contribution in [0.25, 0.3) is 0 Å². The van der Waals surface area contributed by atoms with Gasteiger partial charge in [0.2, 0.25) is 0 Å². The summed E-state index contributed by atoms with van der Waals surface area (Å²) >= 11 is 0. The molecule has 1 heterocycles. The standard InChI is InChI=1S/C25H34FN3O2/c1-18(2)17-31-23-7-5-20(16-30)19(13-23)9-11-27-21-6-8-25(24(26)14-21)29-12-10-22(15-29)28(3)4/h5-8,13-14,16,18,22,27H,9-12,15,17H2,1-4H3/t22-/m1/s1. The Balaban J connectivity index is 1.59. The van der Waals surface area contributed by atoms with Crippen molar-refractivity contribution in [1.29, 1.82) is 0 Å². The van der Waals surface area contributed by atoms with Crippen molar-refractivity contribution in [1.82, 2.24) is 4.90 Å². The number of likely N-dealkylation sites (N-methyl/N-ethyl adjacent to an activating group) is 1. The van der Waals surface area contributed by atoms with Gasteiger partial charge in [0, 0.05) is 36.9 Å². The molecule has 0 saturated carbocycles. The van der Waals surface area contributed by atoms with Crippen LogP contribution in [0.3, 0.4) is 0 Å². The summed E-state index contributed by atoms with van der Waals surface area (Å²) < 4.78 is 20.5. The molecular weight excluding hydrogens is 393 g/mol. The molecule has 0 unspecified atom stereocenters. The third-order valence-electron chi connectivity index (χ3n) is 5.73. The van der Waals surface area contributed by atoms with Gasteiger partial charge in [-0.25, -0.2) is 4.39 Å². The van der Waals surface area contributed by atoms with Crippen molar-refractivity contribution < 1.29 is 13.9 Å². The first kappa shape index (κ1) is 23.1. The summed E-state index contributed by atoms with van der Waals surface area (Å²) in [6.07, 6.45) is 2.56. The Labute approximate surface area is 185 Å². The zero-order chi connectivity index (χ0) is 22.4. The summed E-state index contributed by atoms with van der Waals surface area (Å²) in [7, 11) is 4.14. The van der Waals surface area contributed by atoms with E-state index in [4.69, 9.17) is 4.74 Å². The van der Waals surface area contributed by atoms with E-state index in [0.29, 0.717) is 42.8 Å². The van der Waals surface area contributed by atoms with E-state index in [2.05, 4.69) is 43.1 Å². The fourth-order valence-corrected chi connectivity index (χ4v) is 3.86. The van der Waals surface area contributed by atoms with Crippen molar-refractivity contribution in [3.8, 4) is 5.75 Å². The molecule has 0 spiro atoms. The number of ether oxygens (including phenoxy) is 1. The molecule has 0 aliphatic carbocycles. The number of carbonyl (C=O) groups excluding carboxylic acids is 1. The van der Waals surface area contributed by atoms with E-state index in [0.717, 1.165) is 42.8 Å². The van der Waals surface area contributed by atoms with E-state index in [1.54, 1.807) is 12.1 Å². The first-order valence-electron chi connectivity index (χ1n) is 11.0. The highest BCUT2D eigenvalue weighted by atomic mass is 19.1. The predicted molar refractivity (Wildman–Crippen MR) is 125 cm³/mol. The van der Waals surface area contributed by atoms with Gasteiger partial charge < -0.3 is 19.9 Å². The maximum atomic E-state index is 14.7. The second-order valence-corrected chi connectivity index (χ2v) is 8.88. The summed E-state index contributed by atoms with van der Waals surface area (Å²) in [5.41, 5.74) is 2.98. The maximum absolute atomic E-state index is 14.7. The van der Waals surface area contributed by atoms with Gasteiger partial charge in [-0.1, -0.05) is 13.8 Å². The Morgan fingerprint density at radius 3 is 2.71 bits per heavy atom. The van der Waals surface area contributed by atoms with E-state index in [9.17, 15) is 9.18 Å². The quantitative estimate of drug-likeness (QED) is 0.567. The highest BCUT2D eigenvalue weighted by Crippen LogP contribution is 2.27. The first-order chi connectivity index (χ1) is 14.9. The minimum atomic E-state index is -0.206. The van der Waals surface area contributed by atoms with E-state index in [1.165, 1.54) is 0 Å². The van der Waals surface area contributed by atoms with Crippen molar-refractivity contribution >= 4 is 17.7 Å². The summed E-state index contributed by atoms with van der Waals surface area (Å²) in [6.45, 7) is 7.14. The lowest BCUT2D eigenvalue weighted by molar-refractivity contribution is 0.112. The Morgan fingerprint density at radius 2 is 2.06 bits per heavy atom. The molecule has 0 aromatic heterocycles. The molecule has 1 N–H and O–H groups in total. The van der Waals surface area contributed by atoms with Crippen molar-refractivity contribution in [2.45, 2.75) is 32.7 Å². The van der Waals surface area contributed by atoms with E-state index < -0.39 is 0 Å². The number of hydrogen-bond donors (Lipinski definition) is 1. The van der Waals surface area contributed by atoms with Gasteiger partial charge in [-0.3, -0.25) is 4.79 Å². The molecule has 1 aliphatic heterocycles. The lowest BCUT2D eigenvalue weighted by Gasteiger charge is -2.22. The molecule has 5 nitrogen and oxygen atoms in total. The van der Waals surface area contributed by atoms with Crippen molar-refractivity contribution in [2.24, 2.45) is 5.92 Å². The molecule has 0 amide bonds. The highest BCUT2D eigenvalue weighted by Gasteiger charge is 2.25. The van der Waals surface area contributed by atoms with E-state index in [-0.39, 0.29) is 5.82 Å². The SMILES string of the molecule is CC(C)COc1ccc(C=O)c(CCNc2ccc(N3CC[C@@H](N(C)C)C3)c(F)c2)c1. The zero-order valence-electron chi connectivity index (χ0n) is 19.0. The second-order valence-electron chi connectivity index (χ2n) is 8.88. The predicted octanol–water partition coefficient (Wildman–Crippen LogP) is 4.47. The Bertz CT molecular complexity index is 885. The van der Waals surface area contributed by atoms with Gasteiger partial charge in [-0.2, -0.15) is 0 Å². The van der Waals surface area contributed by atoms with Crippen molar-refractivity contribution in [3.05, 3.63) is 53.3 Å². The Morgan fingerprint density at radius 1 is 1.26 bits per heavy atom. The molecule has 1 aliphatic rings. The fraction of sp³-hybridized carbons (Fsp3) is 0.480. The van der Waals surface area contributed by atoms with Crippen molar-refractivity contribution in [2.75, 3.05) is 50.6 Å².